The number of hydrogen-bond donors (Lipinski definition) is 0. The van der Waals surface area contributed by atoms with E-state index in [-0.39, 0.29) is 5.97 Å². The molecular formula is C35H48N2O3. The van der Waals surface area contributed by atoms with Crippen LogP contribution in [0.4, 0.5) is 0 Å². The van der Waals surface area contributed by atoms with E-state index >= 15 is 0 Å². The van der Waals surface area contributed by atoms with Crippen LogP contribution in [0.5, 0.6) is 5.75 Å². The molecule has 40 heavy (non-hydrogen) atoms. The molecule has 0 aliphatic rings. The maximum atomic E-state index is 12.0. The standard InChI is InChI=1S/C35H48N2O3/c1-4-6-8-9-10-11-12-13-14-15-16-29-17-19-30(20-18-29)32-26-36-34(37-27-32)31-21-23-33(24-22-31)40-28(3)35(38)39-25-7-5-2/h17-24,26-28H,4-16,25H2,1-3H3. The molecule has 3 aromatic rings. The molecule has 0 bridgehead atoms. The number of unbranched alkanes of at least 4 members (excludes halogenated alkanes) is 10. The molecule has 1 aromatic heterocycles. The first kappa shape index (κ1) is 31.3. The van der Waals surface area contributed by atoms with E-state index in [2.05, 4.69) is 48.1 Å². The van der Waals surface area contributed by atoms with Crippen LogP contribution in [0.1, 0.15) is 103 Å². The molecule has 3 rings (SSSR count). The van der Waals surface area contributed by atoms with Crippen LogP contribution in [-0.4, -0.2) is 28.6 Å². The van der Waals surface area contributed by atoms with Crippen molar-refractivity contribution in [3.05, 3.63) is 66.5 Å². The molecule has 0 fully saturated rings. The number of esters is 1. The second kappa shape index (κ2) is 18.2. The number of carbonyl (C=O) groups excluding carboxylic acids is 1. The first-order valence-electron chi connectivity index (χ1n) is 15.5. The number of benzene rings is 2. The summed E-state index contributed by atoms with van der Waals surface area (Å²) in [5.41, 5.74) is 4.42. The molecule has 5 nitrogen and oxygen atoms in total. The van der Waals surface area contributed by atoms with Gasteiger partial charge in [-0.3, -0.25) is 0 Å². The second-order valence-electron chi connectivity index (χ2n) is 10.7. The van der Waals surface area contributed by atoms with Crippen LogP contribution in [-0.2, 0) is 16.0 Å². The zero-order valence-electron chi connectivity index (χ0n) is 24.9. The zero-order valence-corrected chi connectivity index (χ0v) is 24.9. The fourth-order valence-corrected chi connectivity index (χ4v) is 4.68. The largest absolute Gasteiger partial charge is 0.479 e. The molecule has 0 spiro atoms. The van der Waals surface area contributed by atoms with E-state index in [1.165, 1.54) is 69.8 Å². The minimum absolute atomic E-state index is 0.344. The van der Waals surface area contributed by atoms with Gasteiger partial charge in [0.1, 0.15) is 5.75 Å². The Balaban J connectivity index is 1.41. The van der Waals surface area contributed by atoms with E-state index in [9.17, 15) is 4.79 Å². The highest BCUT2D eigenvalue weighted by Gasteiger charge is 2.16. The fourth-order valence-electron chi connectivity index (χ4n) is 4.68. The van der Waals surface area contributed by atoms with Crippen molar-refractivity contribution in [2.45, 2.75) is 110 Å². The van der Waals surface area contributed by atoms with Gasteiger partial charge < -0.3 is 9.47 Å². The Bertz CT molecular complexity index is 1090. The van der Waals surface area contributed by atoms with Crippen molar-refractivity contribution in [2.75, 3.05) is 6.61 Å². The van der Waals surface area contributed by atoms with Gasteiger partial charge in [0.25, 0.3) is 0 Å². The molecule has 1 unspecified atom stereocenters. The van der Waals surface area contributed by atoms with Crippen LogP contribution in [0.15, 0.2) is 60.9 Å². The van der Waals surface area contributed by atoms with E-state index in [0.29, 0.717) is 18.2 Å². The highest BCUT2D eigenvalue weighted by atomic mass is 16.6. The maximum absolute atomic E-state index is 12.0. The lowest BCUT2D eigenvalue weighted by atomic mass is 10.0. The Kier molecular flexibility index (Phi) is 14.2. The first-order valence-corrected chi connectivity index (χ1v) is 15.5. The maximum Gasteiger partial charge on any atom is 0.347 e. The van der Waals surface area contributed by atoms with Crippen LogP contribution in [0, 0.1) is 0 Å². The minimum atomic E-state index is -0.653. The van der Waals surface area contributed by atoms with Gasteiger partial charge in [-0.25, -0.2) is 14.8 Å². The average Bonchev–Trinajstić information content (AvgIpc) is 2.99. The number of rotatable bonds is 19. The van der Waals surface area contributed by atoms with Crippen LogP contribution in [0.2, 0.25) is 0 Å². The molecule has 2 aromatic carbocycles. The molecule has 216 valence electrons. The monoisotopic (exact) mass is 544 g/mol. The van der Waals surface area contributed by atoms with Gasteiger partial charge in [-0.2, -0.15) is 0 Å². The van der Waals surface area contributed by atoms with Crippen LogP contribution < -0.4 is 4.74 Å². The fraction of sp³-hybridized carbons (Fsp3) is 0.514. The van der Waals surface area contributed by atoms with Crippen molar-refractivity contribution in [3.8, 4) is 28.3 Å². The van der Waals surface area contributed by atoms with Crippen molar-refractivity contribution in [2.24, 2.45) is 0 Å². The van der Waals surface area contributed by atoms with Gasteiger partial charge in [-0.05, 0) is 61.6 Å². The summed E-state index contributed by atoms with van der Waals surface area (Å²) in [5, 5.41) is 0. The van der Waals surface area contributed by atoms with Crippen molar-refractivity contribution < 1.29 is 14.3 Å². The molecular weight excluding hydrogens is 496 g/mol. The van der Waals surface area contributed by atoms with Gasteiger partial charge in [-0.1, -0.05) is 102 Å². The zero-order chi connectivity index (χ0) is 28.4. The van der Waals surface area contributed by atoms with Crippen molar-refractivity contribution in [1.82, 2.24) is 9.97 Å². The van der Waals surface area contributed by atoms with E-state index in [4.69, 9.17) is 9.47 Å². The Morgan fingerprint density at radius 3 is 1.82 bits per heavy atom. The predicted octanol–water partition coefficient (Wildman–Crippen LogP) is 9.38. The minimum Gasteiger partial charge on any atom is -0.479 e. The smallest absolute Gasteiger partial charge is 0.347 e. The van der Waals surface area contributed by atoms with Crippen molar-refractivity contribution in [1.29, 1.82) is 0 Å². The summed E-state index contributed by atoms with van der Waals surface area (Å²) in [7, 11) is 0. The number of ether oxygens (including phenoxy) is 2. The number of aromatic nitrogens is 2. The summed E-state index contributed by atoms with van der Waals surface area (Å²) < 4.78 is 11.0. The number of nitrogens with zero attached hydrogens (tertiary/aromatic N) is 2. The molecule has 1 heterocycles. The van der Waals surface area contributed by atoms with E-state index in [0.717, 1.165) is 36.0 Å². The summed E-state index contributed by atoms with van der Waals surface area (Å²) in [4.78, 5) is 21.2. The van der Waals surface area contributed by atoms with Gasteiger partial charge in [0.05, 0.1) is 6.61 Å². The van der Waals surface area contributed by atoms with E-state index in [1.807, 2.05) is 36.7 Å². The van der Waals surface area contributed by atoms with E-state index in [1.54, 1.807) is 6.92 Å². The second-order valence-corrected chi connectivity index (χ2v) is 10.7. The summed E-state index contributed by atoms with van der Waals surface area (Å²) in [6.45, 7) is 6.47. The van der Waals surface area contributed by atoms with Gasteiger partial charge >= 0.3 is 5.97 Å². The molecule has 0 N–H and O–H groups in total. The summed E-state index contributed by atoms with van der Waals surface area (Å²) >= 11 is 0. The molecule has 0 saturated heterocycles. The molecule has 5 heteroatoms. The van der Waals surface area contributed by atoms with Gasteiger partial charge in [-0.15, -0.1) is 0 Å². The third-order valence-electron chi connectivity index (χ3n) is 7.26. The third-order valence-corrected chi connectivity index (χ3v) is 7.26. The average molecular weight is 545 g/mol. The molecule has 0 aliphatic heterocycles. The van der Waals surface area contributed by atoms with E-state index < -0.39 is 6.10 Å². The van der Waals surface area contributed by atoms with Crippen LogP contribution >= 0.6 is 0 Å². The summed E-state index contributed by atoms with van der Waals surface area (Å²) in [6.07, 6.45) is 19.8. The third kappa shape index (κ3) is 11.1. The topological polar surface area (TPSA) is 61.3 Å². The predicted molar refractivity (Wildman–Crippen MR) is 164 cm³/mol. The van der Waals surface area contributed by atoms with Crippen molar-refractivity contribution in [3.63, 3.8) is 0 Å². The normalized spacial score (nSPS) is 11.8. The Morgan fingerprint density at radius 1 is 0.675 bits per heavy atom. The Morgan fingerprint density at radius 2 is 1.23 bits per heavy atom. The lowest BCUT2D eigenvalue weighted by Crippen LogP contribution is -2.26. The highest BCUT2D eigenvalue weighted by Crippen LogP contribution is 2.24. The van der Waals surface area contributed by atoms with Gasteiger partial charge in [0, 0.05) is 23.5 Å². The van der Waals surface area contributed by atoms with Crippen LogP contribution in [0.25, 0.3) is 22.5 Å². The summed E-state index contributed by atoms with van der Waals surface area (Å²) in [5.74, 6) is 0.918. The molecule has 0 saturated carbocycles. The number of hydrogen-bond acceptors (Lipinski definition) is 5. The lowest BCUT2D eigenvalue weighted by molar-refractivity contribution is -0.151. The van der Waals surface area contributed by atoms with Crippen molar-refractivity contribution >= 4 is 5.97 Å². The quantitative estimate of drug-likeness (QED) is 0.111. The highest BCUT2D eigenvalue weighted by molar-refractivity contribution is 5.74. The molecule has 0 radical (unpaired) electrons. The first-order chi connectivity index (χ1) is 19.6. The Hall–Kier alpha value is -3.21. The number of aryl methyl sites for hydroxylation is 1. The van der Waals surface area contributed by atoms with Crippen LogP contribution in [0.3, 0.4) is 0 Å². The molecule has 0 amide bonds. The SMILES string of the molecule is CCCCCCCCCCCCc1ccc(-c2cnc(-c3ccc(OC(C)C(=O)OCCCC)cc3)nc2)cc1. The van der Waals surface area contributed by atoms with Gasteiger partial charge in [0.15, 0.2) is 11.9 Å². The lowest BCUT2D eigenvalue weighted by Gasteiger charge is -2.14. The Labute approximate surface area is 241 Å². The summed E-state index contributed by atoms with van der Waals surface area (Å²) in [6, 6.07) is 16.3. The number of carbonyl (C=O) groups is 1. The molecule has 0 aliphatic carbocycles. The van der Waals surface area contributed by atoms with Gasteiger partial charge in [0.2, 0.25) is 0 Å². The molecule has 1 atom stereocenters.